The van der Waals surface area contributed by atoms with Crippen LogP contribution >= 0.6 is 12.6 Å². The molecule has 3 heteroatoms. The van der Waals surface area contributed by atoms with E-state index >= 15 is 0 Å². The van der Waals surface area contributed by atoms with Gasteiger partial charge in [-0.05, 0) is 6.92 Å². The average molecular weight is 118 g/mol. The summed E-state index contributed by atoms with van der Waals surface area (Å²) in [7, 11) is 0. The molecule has 0 aliphatic heterocycles. The maximum Gasteiger partial charge on any atom is 0.0936 e. The maximum atomic E-state index is 7.92. The summed E-state index contributed by atoms with van der Waals surface area (Å²) in [5.41, 5.74) is -0.472. The maximum absolute atomic E-state index is 7.92. The first-order valence-corrected chi connectivity index (χ1v) is 1.61. The zero-order valence-corrected chi connectivity index (χ0v) is 4.43. The van der Waals surface area contributed by atoms with Gasteiger partial charge in [-0.3, -0.25) is 0 Å². The van der Waals surface area contributed by atoms with Gasteiger partial charge in [0.1, 0.15) is 0 Å². The van der Waals surface area contributed by atoms with Gasteiger partial charge in [-0.2, -0.15) is 0 Å². The van der Waals surface area contributed by atoms with Crippen molar-refractivity contribution in [3.8, 4) is 0 Å². The van der Waals surface area contributed by atoms with Gasteiger partial charge in [0, 0.05) is 37.7 Å². The smallest absolute Gasteiger partial charge is 0.0936 e. The summed E-state index contributed by atoms with van der Waals surface area (Å²) in [6, 6.07) is 0. The molecule has 1 N–H and O–H groups in total. The summed E-state index contributed by atoms with van der Waals surface area (Å²) >= 11 is 3.52. The zero-order chi connectivity index (χ0) is 3.58. The Morgan fingerprint density at radius 3 is 1.80 bits per heavy atom. The van der Waals surface area contributed by atoms with Gasteiger partial charge in [0.25, 0.3) is 0 Å². The Morgan fingerprint density at radius 1 is 1.80 bits per heavy atom. The summed E-state index contributed by atoms with van der Waals surface area (Å²) in [4.78, 5) is 0. The van der Waals surface area contributed by atoms with Crippen LogP contribution < -0.4 is 0 Å². The molecular formula is C2H6ArOS. The number of rotatable bonds is 0. The average Bonchev–Trinajstić information content (AvgIpc) is 0.811. The Bertz CT molecular complexity index is 14.4. The molecule has 1 nitrogen and oxygen atoms in total. The van der Waals surface area contributed by atoms with Crippen LogP contribution in [0.5, 0.6) is 0 Å². The van der Waals surface area contributed by atoms with E-state index in [1.54, 1.807) is 6.92 Å². The molecule has 0 radical (unpaired) electrons. The molecule has 0 aromatic rings. The minimum Gasteiger partial charge on any atom is -0.383 e. The topological polar surface area (TPSA) is 20.2 Å². The van der Waals surface area contributed by atoms with Crippen LogP contribution in [0, 0.1) is 37.7 Å². The van der Waals surface area contributed by atoms with E-state index in [0.717, 1.165) is 0 Å². The van der Waals surface area contributed by atoms with Gasteiger partial charge in [-0.15, -0.1) is 12.6 Å². The van der Waals surface area contributed by atoms with Gasteiger partial charge in [-0.1, -0.05) is 0 Å². The van der Waals surface area contributed by atoms with E-state index in [0.29, 0.717) is 0 Å². The molecule has 0 aliphatic carbocycles. The molecular weight excluding hydrogens is 112 g/mol. The molecule has 5 heavy (non-hydrogen) atoms. The summed E-state index contributed by atoms with van der Waals surface area (Å²) in [6.45, 7) is 1.59. The van der Waals surface area contributed by atoms with E-state index in [-0.39, 0.29) is 37.7 Å². The first kappa shape index (κ1) is 9.76. The molecule has 0 heterocycles. The van der Waals surface area contributed by atoms with Crippen LogP contribution in [-0.4, -0.2) is 10.5 Å². The van der Waals surface area contributed by atoms with E-state index in [2.05, 4.69) is 12.6 Å². The fraction of sp³-hybridized carbons (Fsp3) is 1.00. The van der Waals surface area contributed by atoms with Crippen LogP contribution in [-0.2, 0) is 0 Å². The van der Waals surface area contributed by atoms with Gasteiger partial charge in [0.2, 0.25) is 0 Å². The quantitative estimate of drug-likeness (QED) is 0.345. The molecule has 0 saturated heterocycles. The minimum absolute atomic E-state index is 0. The van der Waals surface area contributed by atoms with Gasteiger partial charge >= 0.3 is 0 Å². The third-order valence-corrected chi connectivity index (χ3v) is 0. The predicted octanol–water partition coefficient (Wildman–Crippen LogP) is 0.255. The Hall–Kier alpha value is 1.57. The number of thiol groups is 1. The third-order valence-electron chi connectivity index (χ3n) is 0. The van der Waals surface area contributed by atoms with Crippen LogP contribution in [0.25, 0.3) is 0 Å². The van der Waals surface area contributed by atoms with Crippen molar-refractivity contribution < 1.29 is 42.8 Å². The number of hydrogen-bond donors (Lipinski definition) is 2. The van der Waals surface area contributed by atoms with E-state index in [4.69, 9.17) is 5.11 Å². The summed E-state index contributed by atoms with van der Waals surface area (Å²) in [5.74, 6) is 0. The molecule has 1 unspecified atom stereocenters. The first-order chi connectivity index (χ1) is 1.73. The second kappa shape index (κ2) is 5.57. The van der Waals surface area contributed by atoms with E-state index in [1.165, 1.54) is 0 Å². The SMILES string of the molecule is CC(O)S.[Ar]. The summed E-state index contributed by atoms with van der Waals surface area (Å²) in [6.07, 6.45) is 0. The first-order valence-electron chi connectivity index (χ1n) is 1.09. The number of hydrogen-bond acceptors (Lipinski definition) is 2. The van der Waals surface area contributed by atoms with Gasteiger partial charge < -0.3 is 5.11 Å². The van der Waals surface area contributed by atoms with Crippen molar-refractivity contribution >= 4 is 12.6 Å². The van der Waals surface area contributed by atoms with Crippen molar-refractivity contribution in [2.75, 3.05) is 0 Å². The molecule has 1 atom stereocenters. The van der Waals surface area contributed by atoms with Crippen LogP contribution in [0.3, 0.4) is 0 Å². The normalized spacial score (nSPS) is 12.6. The largest absolute Gasteiger partial charge is 0.383 e. The van der Waals surface area contributed by atoms with E-state index in [9.17, 15) is 0 Å². The Balaban J connectivity index is 0. The molecule has 34 valence electrons. The summed E-state index contributed by atoms with van der Waals surface area (Å²) < 4.78 is 0. The molecule has 0 bridgehead atoms. The van der Waals surface area contributed by atoms with Crippen molar-refractivity contribution in [2.24, 2.45) is 0 Å². The van der Waals surface area contributed by atoms with Gasteiger partial charge in [-0.25, -0.2) is 0 Å². The fourth-order valence-electron chi connectivity index (χ4n) is 0. The zero-order valence-electron chi connectivity index (χ0n) is 2.83. The van der Waals surface area contributed by atoms with Gasteiger partial charge in [0.05, 0.1) is 5.44 Å². The van der Waals surface area contributed by atoms with Crippen LogP contribution in [0.4, 0.5) is 0 Å². The fourth-order valence-corrected chi connectivity index (χ4v) is 0. The Kier molecular flexibility index (Phi) is 10.9. The van der Waals surface area contributed by atoms with Crippen LogP contribution in [0.15, 0.2) is 0 Å². The Morgan fingerprint density at radius 2 is 1.80 bits per heavy atom. The molecule has 0 fully saturated rings. The molecule has 0 saturated carbocycles. The van der Waals surface area contributed by atoms with E-state index < -0.39 is 5.44 Å². The molecule has 0 spiro atoms. The van der Waals surface area contributed by atoms with Crippen molar-refractivity contribution in [3.63, 3.8) is 0 Å². The van der Waals surface area contributed by atoms with Crippen LogP contribution in [0.2, 0.25) is 0 Å². The van der Waals surface area contributed by atoms with Crippen molar-refractivity contribution in [3.05, 3.63) is 0 Å². The van der Waals surface area contributed by atoms with Crippen LogP contribution in [0.1, 0.15) is 6.92 Å². The summed E-state index contributed by atoms with van der Waals surface area (Å²) in [5, 5.41) is 7.92. The number of aliphatic hydroxyl groups excluding tert-OH is 1. The molecule has 0 amide bonds. The van der Waals surface area contributed by atoms with Crippen molar-refractivity contribution in [1.29, 1.82) is 0 Å². The number of aliphatic hydroxyl groups is 1. The third kappa shape index (κ3) is 28.8. The second-order valence-corrected chi connectivity index (χ2v) is 1.38. The standard InChI is InChI=1S/C2H6OS.Ar/c1-2(3)4;/h2-4H,1H3;. The molecule has 0 rings (SSSR count). The Labute approximate surface area is 67.2 Å². The second-order valence-electron chi connectivity index (χ2n) is 0.632. The minimum atomic E-state index is -0.472. The van der Waals surface area contributed by atoms with Gasteiger partial charge in [0.15, 0.2) is 0 Å². The molecule has 0 aliphatic rings. The monoisotopic (exact) mass is 118 g/mol. The molecule has 0 aromatic carbocycles. The predicted molar refractivity (Wildman–Crippen MR) is 20.7 cm³/mol. The van der Waals surface area contributed by atoms with Crippen molar-refractivity contribution in [2.45, 2.75) is 12.4 Å². The van der Waals surface area contributed by atoms with E-state index in [1.807, 2.05) is 0 Å². The van der Waals surface area contributed by atoms with Crippen molar-refractivity contribution in [1.82, 2.24) is 0 Å². The molecule has 0 aromatic heterocycles.